The predicted octanol–water partition coefficient (Wildman–Crippen LogP) is 3.04. The van der Waals surface area contributed by atoms with Crippen LogP contribution in [0.5, 0.6) is 0 Å². The summed E-state index contributed by atoms with van der Waals surface area (Å²) in [5.74, 6) is 0.256. The summed E-state index contributed by atoms with van der Waals surface area (Å²) in [5.41, 5.74) is 0. The number of carboxylic acid groups (broad SMARTS) is 1. The van der Waals surface area contributed by atoms with Crippen LogP contribution < -0.4 is 0 Å². The first-order valence-electron chi connectivity index (χ1n) is 6.69. The molecule has 1 N–H and O–H groups in total. The van der Waals surface area contributed by atoms with Gasteiger partial charge in [0.2, 0.25) is 0 Å². The van der Waals surface area contributed by atoms with Crippen molar-refractivity contribution in [3.05, 3.63) is 17.5 Å². The van der Waals surface area contributed by atoms with Gasteiger partial charge in [-0.2, -0.15) is 0 Å². The third kappa shape index (κ3) is 2.34. The number of thiophene rings is 2. The first-order valence-corrected chi connectivity index (χ1v) is 8.39. The SMILES string of the molecule is O=C(O)CC(C1CC1)n1nnnc1-c1cc2sccc2s1. The molecular weight excluding hydrogens is 308 g/mol. The van der Waals surface area contributed by atoms with E-state index in [4.69, 9.17) is 5.11 Å². The lowest BCUT2D eigenvalue weighted by molar-refractivity contribution is -0.138. The number of hydrogen-bond donors (Lipinski definition) is 1. The Morgan fingerprint density at radius 2 is 2.33 bits per heavy atom. The number of aromatic nitrogens is 4. The first kappa shape index (κ1) is 12.9. The van der Waals surface area contributed by atoms with E-state index in [0.717, 1.165) is 17.7 Å². The molecule has 3 aromatic heterocycles. The molecule has 1 saturated carbocycles. The topological polar surface area (TPSA) is 80.9 Å². The van der Waals surface area contributed by atoms with Gasteiger partial charge in [-0.25, -0.2) is 4.68 Å². The smallest absolute Gasteiger partial charge is 0.305 e. The average molecular weight is 320 g/mol. The maximum Gasteiger partial charge on any atom is 0.305 e. The summed E-state index contributed by atoms with van der Waals surface area (Å²) in [6, 6.07) is 4.02. The third-order valence-electron chi connectivity index (χ3n) is 3.72. The van der Waals surface area contributed by atoms with Crippen molar-refractivity contribution in [2.45, 2.75) is 25.3 Å². The molecule has 1 aliphatic carbocycles. The molecule has 108 valence electrons. The fourth-order valence-corrected chi connectivity index (χ4v) is 4.65. The average Bonchev–Trinajstić information content (AvgIpc) is 2.85. The van der Waals surface area contributed by atoms with Crippen LogP contribution >= 0.6 is 22.7 Å². The molecule has 3 aromatic rings. The molecule has 4 rings (SSSR count). The number of nitrogens with zero attached hydrogens (tertiary/aromatic N) is 4. The molecule has 6 nitrogen and oxygen atoms in total. The Kier molecular flexibility index (Phi) is 3.00. The molecule has 0 aromatic carbocycles. The summed E-state index contributed by atoms with van der Waals surface area (Å²) in [7, 11) is 0. The summed E-state index contributed by atoms with van der Waals surface area (Å²) >= 11 is 3.33. The van der Waals surface area contributed by atoms with Gasteiger partial charge in [0.1, 0.15) is 0 Å². The fraction of sp³-hybridized carbons (Fsp3) is 0.385. The van der Waals surface area contributed by atoms with Crippen molar-refractivity contribution in [2.75, 3.05) is 0 Å². The molecule has 0 radical (unpaired) electrons. The van der Waals surface area contributed by atoms with Gasteiger partial charge in [-0.05, 0) is 46.7 Å². The zero-order valence-electron chi connectivity index (χ0n) is 11.0. The minimum Gasteiger partial charge on any atom is -0.481 e. The molecule has 1 fully saturated rings. The molecule has 0 bridgehead atoms. The van der Waals surface area contributed by atoms with Crippen LogP contribution in [0.3, 0.4) is 0 Å². The normalized spacial score (nSPS) is 16.4. The molecule has 8 heteroatoms. The minimum absolute atomic E-state index is 0.0719. The van der Waals surface area contributed by atoms with Crippen LogP contribution in [0.2, 0.25) is 0 Å². The zero-order chi connectivity index (χ0) is 14.4. The molecule has 0 aliphatic heterocycles. The Balaban J connectivity index is 1.75. The number of aliphatic carboxylic acids is 1. The number of tetrazole rings is 1. The second-order valence-corrected chi connectivity index (χ2v) is 7.24. The molecule has 0 amide bonds. The van der Waals surface area contributed by atoms with Gasteiger partial charge in [-0.3, -0.25) is 4.79 Å². The zero-order valence-corrected chi connectivity index (χ0v) is 12.6. The van der Waals surface area contributed by atoms with E-state index in [0.29, 0.717) is 11.7 Å². The molecule has 1 atom stereocenters. The minimum atomic E-state index is -0.805. The molecule has 0 spiro atoms. The van der Waals surface area contributed by atoms with Crippen LogP contribution in [0.1, 0.15) is 25.3 Å². The highest BCUT2D eigenvalue weighted by Gasteiger charge is 2.36. The molecule has 3 heterocycles. The van der Waals surface area contributed by atoms with Gasteiger partial charge >= 0.3 is 5.97 Å². The maximum atomic E-state index is 11.1. The Morgan fingerprint density at radius 1 is 1.48 bits per heavy atom. The summed E-state index contributed by atoms with van der Waals surface area (Å²) in [6.45, 7) is 0. The van der Waals surface area contributed by atoms with Crippen LogP contribution in [0.15, 0.2) is 17.5 Å². The van der Waals surface area contributed by atoms with Crippen molar-refractivity contribution in [1.29, 1.82) is 0 Å². The van der Waals surface area contributed by atoms with Crippen molar-refractivity contribution in [1.82, 2.24) is 20.2 Å². The third-order valence-corrected chi connectivity index (χ3v) is 5.81. The van der Waals surface area contributed by atoms with Gasteiger partial charge in [0.15, 0.2) is 5.82 Å². The summed E-state index contributed by atoms with van der Waals surface area (Å²) in [4.78, 5) is 12.1. The number of carboxylic acids is 1. The van der Waals surface area contributed by atoms with Crippen LogP contribution in [-0.4, -0.2) is 31.3 Å². The van der Waals surface area contributed by atoms with Gasteiger partial charge in [0, 0.05) is 9.40 Å². The van der Waals surface area contributed by atoms with Crippen LogP contribution in [-0.2, 0) is 4.79 Å². The lowest BCUT2D eigenvalue weighted by atomic mass is 10.1. The van der Waals surface area contributed by atoms with E-state index in [2.05, 4.69) is 33.0 Å². The molecule has 1 unspecified atom stereocenters. The highest BCUT2D eigenvalue weighted by Crippen LogP contribution is 2.43. The van der Waals surface area contributed by atoms with E-state index in [1.54, 1.807) is 27.4 Å². The maximum absolute atomic E-state index is 11.1. The summed E-state index contributed by atoms with van der Waals surface area (Å²) < 4.78 is 4.14. The first-order chi connectivity index (χ1) is 10.2. The van der Waals surface area contributed by atoms with Crippen molar-refractivity contribution >= 4 is 38.0 Å². The van der Waals surface area contributed by atoms with Crippen LogP contribution in [0.25, 0.3) is 20.1 Å². The molecule has 21 heavy (non-hydrogen) atoms. The van der Waals surface area contributed by atoms with Gasteiger partial charge in [-0.1, -0.05) is 0 Å². The van der Waals surface area contributed by atoms with Crippen LogP contribution in [0.4, 0.5) is 0 Å². The van der Waals surface area contributed by atoms with Crippen molar-refractivity contribution in [3.8, 4) is 10.7 Å². The molecule has 1 aliphatic rings. The second kappa shape index (κ2) is 4.88. The Morgan fingerprint density at radius 3 is 3.05 bits per heavy atom. The largest absolute Gasteiger partial charge is 0.481 e. The number of rotatable bonds is 5. The predicted molar refractivity (Wildman–Crippen MR) is 80.5 cm³/mol. The van der Waals surface area contributed by atoms with E-state index < -0.39 is 5.97 Å². The highest BCUT2D eigenvalue weighted by atomic mass is 32.1. The monoisotopic (exact) mass is 320 g/mol. The van der Waals surface area contributed by atoms with Gasteiger partial charge in [-0.15, -0.1) is 27.8 Å². The second-order valence-electron chi connectivity index (χ2n) is 5.21. The Labute approximate surface area is 128 Å². The quantitative estimate of drug-likeness (QED) is 0.781. The summed E-state index contributed by atoms with van der Waals surface area (Å²) in [5, 5.41) is 23.1. The van der Waals surface area contributed by atoms with Crippen LogP contribution in [0, 0.1) is 5.92 Å². The van der Waals surface area contributed by atoms with Gasteiger partial charge < -0.3 is 5.11 Å². The number of fused-ring (bicyclic) bond motifs is 1. The standard InChI is InChI=1S/C13H12N4O2S2/c18-12(19)5-8(7-1-2-7)17-13(14-15-16-17)11-6-10-9(21-11)3-4-20-10/h3-4,6-8H,1-2,5H2,(H,18,19). The van der Waals surface area contributed by atoms with Gasteiger partial charge in [0.25, 0.3) is 0 Å². The van der Waals surface area contributed by atoms with E-state index >= 15 is 0 Å². The molecule has 0 saturated heterocycles. The fourth-order valence-electron chi connectivity index (χ4n) is 2.57. The van der Waals surface area contributed by atoms with E-state index in [1.807, 2.05) is 0 Å². The van der Waals surface area contributed by atoms with Crippen molar-refractivity contribution in [3.63, 3.8) is 0 Å². The van der Waals surface area contributed by atoms with Crippen molar-refractivity contribution in [2.24, 2.45) is 5.92 Å². The van der Waals surface area contributed by atoms with Gasteiger partial charge in [0.05, 0.1) is 17.3 Å². The summed E-state index contributed by atoms with van der Waals surface area (Å²) in [6.07, 6.45) is 2.18. The van der Waals surface area contributed by atoms with E-state index in [1.165, 1.54) is 9.40 Å². The Bertz CT molecular complexity index is 773. The molecular formula is C13H12N4O2S2. The Hall–Kier alpha value is -1.80. The van der Waals surface area contributed by atoms with E-state index in [9.17, 15) is 4.79 Å². The lowest BCUT2D eigenvalue weighted by Gasteiger charge is -2.14. The number of carbonyl (C=O) groups is 1. The highest BCUT2D eigenvalue weighted by molar-refractivity contribution is 7.28. The lowest BCUT2D eigenvalue weighted by Crippen LogP contribution is -2.18. The van der Waals surface area contributed by atoms with E-state index in [-0.39, 0.29) is 12.5 Å². The number of hydrogen-bond acceptors (Lipinski definition) is 6. The van der Waals surface area contributed by atoms with Crippen molar-refractivity contribution < 1.29 is 9.90 Å².